The first-order valence-electron chi connectivity index (χ1n) is 5.65. The van der Waals surface area contributed by atoms with Crippen molar-refractivity contribution in [2.75, 3.05) is 0 Å². The van der Waals surface area contributed by atoms with Crippen LogP contribution in [0.1, 0.15) is 52.9 Å². The van der Waals surface area contributed by atoms with Crippen LogP contribution in [0.15, 0.2) is 23.3 Å². The van der Waals surface area contributed by atoms with Gasteiger partial charge in [-0.2, -0.15) is 0 Å². The minimum atomic E-state index is 0.839. The molecule has 0 fully saturated rings. The fourth-order valence-electron chi connectivity index (χ4n) is 2.16. The molecule has 0 bridgehead atoms. The number of allylic oxidation sites excluding steroid dienone is 4. The lowest BCUT2D eigenvalue weighted by atomic mass is 9.94. The van der Waals surface area contributed by atoms with E-state index in [-0.39, 0.29) is 0 Å². The van der Waals surface area contributed by atoms with Crippen LogP contribution in [0.25, 0.3) is 0 Å². The summed E-state index contributed by atoms with van der Waals surface area (Å²) in [5, 5.41) is 0. The molecule has 1 rings (SSSR count). The van der Waals surface area contributed by atoms with Crippen LogP contribution in [-0.4, -0.2) is 0 Å². The Kier molecular flexibility index (Phi) is 4.27. The van der Waals surface area contributed by atoms with Gasteiger partial charge in [-0.05, 0) is 38.5 Å². The van der Waals surface area contributed by atoms with Crippen LogP contribution in [0, 0.1) is 5.92 Å². The van der Waals surface area contributed by atoms with E-state index in [1.165, 1.54) is 32.1 Å². The molecule has 0 radical (unpaired) electrons. The third kappa shape index (κ3) is 3.02. The van der Waals surface area contributed by atoms with E-state index < -0.39 is 0 Å². The zero-order valence-electron chi connectivity index (χ0n) is 9.27. The molecule has 0 aromatic rings. The molecule has 0 aliphatic heterocycles. The summed E-state index contributed by atoms with van der Waals surface area (Å²) < 4.78 is 0. The van der Waals surface area contributed by atoms with Gasteiger partial charge in [0.1, 0.15) is 0 Å². The molecule has 1 aliphatic carbocycles. The predicted octanol–water partition coefficient (Wildman–Crippen LogP) is 4.48. The maximum Gasteiger partial charge on any atom is -0.0202 e. The number of hydrogen-bond acceptors (Lipinski definition) is 0. The lowest BCUT2D eigenvalue weighted by molar-refractivity contribution is 0.551. The van der Waals surface area contributed by atoms with Gasteiger partial charge in [0.25, 0.3) is 0 Å². The molecule has 1 unspecified atom stereocenters. The zero-order chi connectivity index (χ0) is 9.68. The summed E-state index contributed by atoms with van der Waals surface area (Å²) in [7, 11) is 0. The average molecular weight is 178 g/mol. The Balaban J connectivity index is 2.67. The Morgan fingerprint density at radius 2 is 2.15 bits per heavy atom. The molecule has 0 aromatic heterocycles. The summed E-state index contributed by atoms with van der Waals surface area (Å²) in [4.78, 5) is 0. The van der Waals surface area contributed by atoms with Crippen molar-refractivity contribution in [3.05, 3.63) is 23.3 Å². The first kappa shape index (κ1) is 10.6. The van der Waals surface area contributed by atoms with Crippen molar-refractivity contribution in [2.45, 2.75) is 52.9 Å². The van der Waals surface area contributed by atoms with E-state index in [1.54, 1.807) is 11.1 Å². The predicted molar refractivity (Wildman–Crippen MR) is 59.8 cm³/mol. The second-order valence-electron chi connectivity index (χ2n) is 4.10. The van der Waals surface area contributed by atoms with Crippen LogP contribution in [0.2, 0.25) is 0 Å². The minimum absolute atomic E-state index is 0.839. The smallest absolute Gasteiger partial charge is 0.0202 e. The topological polar surface area (TPSA) is 0 Å². The molecule has 0 spiro atoms. The van der Waals surface area contributed by atoms with E-state index in [0.717, 1.165) is 5.92 Å². The highest BCUT2D eigenvalue weighted by Gasteiger charge is 2.10. The molecule has 74 valence electrons. The Labute approximate surface area is 82.7 Å². The van der Waals surface area contributed by atoms with Gasteiger partial charge in [-0.25, -0.2) is 0 Å². The van der Waals surface area contributed by atoms with Crippen LogP contribution in [0.5, 0.6) is 0 Å². The SMILES string of the molecule is CCCC1=CCCC(CC)C(C)=C1. The van der Waals surface area contributed by atoms with Gasteiger partial charge in [-0.15, -0.1) is 0 Å². The largest absolute Gasteiger partial charge is 0.0813 e. The monoisotopic (exact) mass is 178 g/mol. The third-order valence-electron chi connectivity index (χ3n) is 3.01. The summed E-state index contributed by atoms with van der Waals surface area (Å²) in [6.45, 7) is 6.85. The first-order valence-corrected chi connectivity index (χ1v) is 5.65. The van der Waals surface area contributed by atoms with Crippen molar-refractivity contribution in [1.29, 1.82) is 0 Å². The van der Waals surface area contributed by atoms with Crippen LogP contribution >= 0.6 is 0 Å². The maximum absolute atomic E-state index is 2.43. The van der Waals surface area contributed by atoms with Gasteiger partial charge >= 0.3 is 0 Å². The fraction of sp³-hybridized carbons (Fsp3) is 0.692. The van der Waals surface area contributed by atoms with Crippen LogP contribution in [0.3, 0.4) is 0 Å². The second kappa shape index (κ2) is 5.26. The molecular formula is C13H22. The minimum Gasteiger partial charge on any atom is -0.0813 e. The molecule has 0 N–H and O–H groups in total. The molecule has 0 saturated carbocycles. The van der Waals surface area contributed by atoms with Crippen molar-refractivity contribution in [3.63, 3.8) is 0 Å². The standard InChI is InChI=1S/C13H22/c1-4-7-12-8-6-9-13(5-2)11(3)10-12/h8,10,13H,4-7,9H2,1-3H3. The van der Waals surface area contributed by atoms with Gasteiger partial charge < -0.3 is 0 Å². The van der Waals surface area contributed by atoms with E-state index in [1.807, 2.05) is 0 Å². The van der Waals surface area contributed by atoms with E-state index >= 15 is 0 Å². The fourth-order valence-corrected chi connectivity index (χ4v) is 2.16. The van der Waals surface area contributed by atoms with Crippen molar-refractivity contribution in [3.8, 4) is 0 Å². The van der Waals surface area contributed by atoms with Crippen LogP contribution in [-0.2, 0) is 0 Å². The normalized spacial score (nSPS) is 23.5. The highest BCUT2D eigenvalue weighted by Crippen LogP contribution is 2.27. The summed E-state index contributed by atoms with van der Waals surface area (Å²) in [6, 6.07) is 0. The third-order valence-corrected chi connectivity index (χ3v) is 3.01. The molecular weight excluding hydrogens is 156 g/mol. The van der Waals surface area contributed by atoms with Gasteiger partial charge in [0.2, 0.25) is 0 Å². The second-order valence-corrected chi connectivity index (χ2v) is 4.10. The first-order chi connectivity index (χ1) is 6.27. The average Bonchev–Trinajstić information content (AvgIpc) is 2.28. The molecule has 0 nitrogen and oxygen atoms in total. The van der Waals surface area contributed by atoms with Crippen molar-refractivity contribution < 1.29 is 0 Å². The van der Waals surface area contributed by atoms with Crippen molar-refractivity contribution in [2.24, 2.45) is 5.92 Å². The van der Waals surface area contributed by atoms with Gasteiger partial charge in [0, 0.05) is 0 Å². The zero-order valence-corrected chi connectivity index (χ0v) is 9.27. The Bertz CT molecular complexity index is 208. The van der Waals surface area contributed by atoms with Crippen LogP contribution < -0.4 is 0 Å². The molecule has 0 aromatic carbocycles. The summed E-state index contributed by atoms with van der Waals surface area (Å²) in [5.74, 6) is 0.839. The lowest BCUT2D eigenvalue weighted by Crippen LogP contribution is -1.98. The van der Waals surface area contributed by atoms with Crippen molar-refractivity contribution in [1.82, 2.24) is 0 Å². The molecule has 0 amide bonds. The highest BCUT2D eigenvalue weighted by atomic mass is 14.2. The summed E-state index contributed by atoms with van der Waals surface area (Å²) in [5.41, 5.74) is 3.16. The molecule has 0 heterocycles. The van der Waals surface area contributed by atoms with Crippen LogP contribution in [0.4, 0.5) is 0 Å². The van der Waals surface area contributed by atoms with Gasteiger partial charge in [0.05, 0.1) is 0 Å². The van der Waals surface area contributed by atoms with Gasteiger partial charge in [-0.3, -0.25) is 0 Å². The number of rotatable bonds is 3. The summed E-state index contributed by atoms with van der Waals surface area (Å²) in [6.07, 6.45) is 11.3. The quantitative estimate of drug-likeness (QED) is 0.597. The molecule has 13 heavy (non-hydrogen) atoms. The van der Waals surface area contributed by atoms with E-state index in [2.05, 4.69) is 32.9 Å². The molecule has 1 atom stereocenters. The van der Waals surface area contributed by atoms with Crippen molar-refractivity contribution >= 4 is 0 Å². The summed E-state index contributed by atoms with van der Waals surface area (Å²) >= 11 is 0. The highest BCUT2D eigenvalue weighted by molar-refractivity contribution is 5.26. The number of hydrogen-bond donors (Lipinski definition) is 0. The van der Waals surface area contributed by atoms with E-state index in [9.17, 15) is 0 Å². The van der Waals surface area contributed by atoms with E-state index in [0.29, 0.717) is 0 Å². The molecule has 0 heteroatoms. The Hall–Kier alpha value is -0.520. The van der Waals surface area contributed by atoms with Gasteiger partial charge in [-0.1, -0.05) is 43.6 Å². The Morgan fingerprint density at radius 3 is 2.77 bits per heavy atom. The van der Waals surface area contributed by atoms with E-state index in [4.69, 9.17) is 0 Å². The Morgan fingerprint density at radius 1 is 1.38 bits per heavy atom. The lowest BCUT2D eigenvalue weighted by Gasteiger charge is -2.12. The molecule has 1 aliphatic rings. The van der Waals surface area contributed by atoms with Gasteiger partial charge in [0.15, 0.2) is 0 Å². The molecule has 0 saturated heterocycles. The maximum atomic E-state index is 2.43.